The molecule has 1 N–H and O–H groups in total. The Hall–Kier alpha value is -0.280. The van der Waals surface area contributed by atoms with Gasteiger partial charge in [-0.25, -0.2) is 0 Å². The van der Waals surface area contributed by atoms with Crippen molar-refractivity contribution in [1.29, 1.82) is 0 Å². The second-order valence-corrected chi connectivity index (χ2v) is 6.12. The van der Waals surface area contributed by atoms with Crippen LogP contribution in [0.1, 0.15) is 44.9 Å². The van der Waals surface area contributed by atoms with E-state index in [-0.39, 0.29) is 11.5 Å². The second-order valence-electron chi connectivity index (χ2n) is 5.50. The zero-order valence-corrected chi connectivity index (χ0v) is 11.3. The van der Waals surface area contributed by atoms with E-state index in [9.17, 15) is 4.79 Å². The molecule has 2 aliphatic rings. The zero-order valence-electron chi connectivity index (χ0n) is 10.5. The van der Waals surface area contributed by atoms with Crippen LogP contribution >= 0.6 is 11.6 Å². The van der Waals surface area contributed by atoms with Crippen molar-refractivity contribution in [3.8, 4) is 0 Å². The first-order valence-electron chi connectivity index (χ1n) is 6.59. The lowest BCUT2D eigenvalue weighted by atomic mass is 9.77. The molecule has 4 heteroatoms. The van der Waals surface area contributed by atoms with Crippen molar-refractivity contribution in [1.82, 2.24) is 5.32 Å². The Kier molecular flexibility index (Phi) is 4.31. The molecule has 0 bridgehead atoms. The van der Waals surface area contributed by atoms with Gasteiger partial charge >= 0.3 is 0 Å². The number of rotatable bonds is 5. The standard InChI is InChI=1S/C13H22ClNO2/c1-17-13(5-2-6-13)8-12(16)15-9-10-3-4-11(14)7-10/h10-11H,2-9H2,1H3,(H,15,16). The van der Waals surface area contributed by atoms with Crippen LogP contribution in [0.3, 0.4) is 0 Å². The molecule has 0 radical (unpaired) electrons. The van der Waals surface area contributed by atoms with Gasteiger partial charge in [-0.05, 0) is 44.4 Å². The second kappa shape index (κ2) is 5.57. The molecule has 0 spiro atoms. The molecule has 2 atom stereocenters. The smallest absolute Gasteiger partial charge is 0.222 e. The van der Waals surface area contributed by atoms with Crippen molar-refractivity contribution in [2.75, 3.05) is 13.7 Å². The number of nitrogens with one attached hydrogen (secondary N) is 1. The molecule has 98 valence electrons. The molecule has 2 unspecified atom stereocenters. The fourth-order valence-electron chi connectivity index (χ4n) is 2.84. The fraction of sp³-hybridized carbons (Fsp3) is 0.923. The Bertz CT molecular complexity index is 273. The van der Waals surface area contributed by atoms with Crippen LogP contribution in [0.4, 0.5) is 0 Å². The highest BCUT2D eigenvalue weighted by atomic mass is 35.5. The lowest BCUT2D eigenvalue weighted by molar-refractivity contribution is -0.134. The number of hydrogen-bond acceptors (Lipinski definition) is 2. The molecule has 2 aliphatic carbocycles. The Morgan fingerprint density at radius 1 is 1.47 bits per heavy atom. The minimum Gasteiger partial charge on any atom is -0.378 e. The van der Waals surface area contributed by atoms with Gasteiger partial charge in [0.05, 0.1) is 12.0 Å². The van der Waals surface area contributed by atoms with Crippen molar-refractivity contribution in [3.63, 3.8) is 0 Å². The third kappa shape index (κ3) is 3.35. The summed E-state index contributed by atoms with van der Waals surface area (Å²) in [6.45, 7) is 0.780. The van der Waals surface area contributed by atoms with Crippen LogP contribution in [-0.4, -0.2) is 30.5 Å². The number of halogens is 1. The highest BCUT2D eigenvalue weighted by molar-refractivity contribution is 6.20. The predicted molar refractivity (Wildman–Crippen MR) is 68.2 cm³/mol. The minimum absolute atomic E-state index is 0.129. The molecule has 2 fully saturated rings. The van der Waals surface area contributed by atoms with Crippen LogP contribution in [0.2, 0.25) is 0 Å². The van der Waals surface area contributed by atoms with Crippen molar-refractivity contribution >= 4 is 17.5 Å². The first kappa shape index (κ1) is 13.2. The van der Waals surface area contributed by atoms with E-state index in [0.717, 1.165) is 38.6 Å². The molecular weight excluding hydrogens is 238 g/mol. The van der Waals surface area contributed by atoms with E-state index in [0.29, 0.717) is 17.7 Å². The van der Waals surface area contributed by atoms with Gasteiger partial charge in [0, 0.05) is 19.0 Å². The van der Waals surface area contributed by atoms with E-state index in [1.54, 1.807) is 7.11 Å². The van der Waals surface area contributed by atoms with E-state index in [1.807, 2.05) is 0 Å². The molecule has 17 heavy (non-hydrogen) atoms. The summed E-state index contributed by atoms with van der Waals surface area (Å²) in [6.07, 6.45) is 7.00. The maximum atomic E-state index is 11.8. The highest BCUT2D eigenvalue weighted by Gasteiger charge is 2.39. The summed E-state index contributed by atoms with van der Waals surface area (Å²) in [5.41, 5.74) is -0.158. The third-order valence-electron chi connectivity index (χ3n) is 4.25. The fourth-order valence-corrected chi connectivity index (χ4v) is 3.21. The highest BCUT2D eigenvalue weighted by Crippen LogP contribution is 2.38. The molecule has 0 aromatic rings. The number of alkyl halides is 1. The Labute approximate surface area is 108 Å². The van der Waals surface area contributed by atoms with Gasteiger partial charge in [-0.1, -0.05) is 0 Å². The predicted octanol–water partition coefficient (Wildman–Crippen LogP) is 2.47. The van der Waals surface area contributed by atoms with Crippen molar-refractivity contribution in [3.05, 3.63) is 0 Å². The molecule has 0 heterocycles. The van der Waals surface area contributed by atoms with Gasteiger partial charge in [-0.15, -0.1) is 11.6 Å². The molecule has 0 aromatic carbocycles. The van der Waals surface area contributed by atoms with E-state index in [1.165, 1.54) is 6.42 Å². The van der Waals surface area contributed by atoms with E-state index < -0.39 is 0 Å². The summed E-state index contributed by atoms with van der Waals surface area (Å²) in [4.78, 5) is 11.8. The minimum atomic E-state index is -0.158. The van der Waals surface area contributed by atoms with Gasteiger partial charge in [0.15, 0.2) is 0 Å². The zero-order chi connectivity index (χ0) is 12.3. The molecule has 2 rings (SSSR count). The van der Waals surface area contributed by atoms with Crippen LogP contribution in [0.25, 0.3) is 0 Å². The summed E-state index contributed by atoms with van der Waals surface area (Å²) in [5.74, 6) is 0.700. The van der Waals surface area contributed by atoms with Crippen LogP contribution in [0.15, 0.2) is 0 Å². The quantitative estimate of drug-likeness (QED) is 0.771. The topological polar surface area (TPSA) is 38.3 Å². The lowest BCUT2D eigenvalue weighted by Gasteiger charge is -2.40. The average molecular weight is 260 g/mol. The summed E-state index contributed by atoms with van der Waals surface area (Å²) in [5, 5.41) is 3.34. The van der Waals surface area contributed by atoms with Crippen LogP contribution in [0.5, 0.6) is 0 Å². The first-order chi connectivity index (χ1) is 8.13. The SMILES string of the molecule is COC1(CC(=O)NCC2CCC(Cl)C2)CCC1. The van der Waals surface area contributed by atoms with Gasteiger partial charge in [-0.3, -0.25) is 4.79 Å². The maximum absolute atomic E-state index is 11.8. The molecule has 2 saturated carbocycles. The summed E-state index contributed by atoms with van der Waals surface area (Å²) in [6, 6.07) is 0. The molecule has 1 amide bonds. The monoisotopic (exact) mass is 259 g/mol. The Morgan fingerprint density at radius 3 is 2.71 bits per heavy atom. The van der Waals surface area contributed by atoms with Gasteiger partial charge in [-0.2, -0.15) is 0 Å². The maximum Gasteiger partial charge on any atom is 0.222 e. The molecular formula is C13H22ClNO2. The summed E-state index contributed by atoms with van der Waals surface area (Å²) in [7, 11) is 1.71. The average Bonchev–Trinajstić information content (AvgIpc) is 2.67. The Morgan fingerprint density at radius 2 is 2.24 bits per heavy atom. The molecule has 0 aromatic heterocycles. The van der Waals surface area contributed by atoms with Crippen molar-refractivity contribution < 1.29 is 9.53 Å². The van der Waals surface area contributed by atoms with Crippen molar-refractivity contribution in [2.45, 2.75) is 55.9 Å². The van der Waals surface area contributed by atoms with Crippen molar-refractivity contribution in [2.24, 2.45) is 5.92 Å². The van der Waals surface area contributed by atoms with Gasteiger partial charge < -0.3 is 10.1 Å². The van der Waals surface area contributed by atoms with Crippen LogP contribution in [0, 0.1) is 5.92 Å². The third-order valence-corrected chi connectivity index (χ3v) is 4.64. The Balaban J connectivity index is 1.67. The van der Waals surface area contributed by atoms with Gasteiger partial charge in [0.25, 0.3) is 0 Å². The van der Waals surface area contributed by atoms with Gasteiger partial charge in [0.1, 0.15) is 0 Å². The van der Waals surface area contributed by atoms with Gasteiger partial charge in [0.2, 0.25) is 5.91 Å². The number of carbonyl (C=O) groups is 1. The number of amides is 1. The number of ether oxygens (including phenoxy) is 1. The van der Waals surface area contributed by atoms with E-state index in [2.05, 4.69) is 5.32 Å². The first-order valence-corrected chi connectivity index (χ1v) is 7.03. The van der Waals surface area contributed by atoms with E-state index >= 15 is 0 Å². The number of hydrogen-bond donors (Lipinski definition) is 1. The van der Waals surface area contributed by atoms with E-state index in [4.69, 9.17) is 16.3 Å². The normalized spacial score (nSPS) is 30.9. The summed E-state index contributed by atoms with van der Waals surface area (Å²) >= 11 is 6.05. The number of carbonyl (C=O) groups excluding carboxylic acids is 1. The van der Waals surface area contributed by atoms with Crippen LogP contribution in [-0.2, 0) is 9.53 Å². The number of methoxy groups -OCH3 is 1. The largest absolute Gasteiger partial charge is 0.378 e. The van der Waals surface area contributed by atoms with Crippen LogP contribution < -0.4 is 5.32 Å². The summed E-state index contributed by atoms with van der Waals surface area (Å²) < 4.78 is 5.45. The molecule has 0 saturated heterocycles. The molecule has 0 aliphatic heterocycles. The molecule has 3 nitrogen and oxygen atoms in total. The lowest BCUT2D eigenvalue weighted by Crippen LogP contribution is -2.44.